The highest BCUT2D eigenvalue weighted by Crippen LogP contribution is 1.99. The molecule has 0 aliphatic rings. The Kier molecular flexibility index (Phi) is 5.60. The van der Waals surface area contributed by atoms with Gasteiger partial charge in [0, 0.05) is 13.3 Å². The van der Waals surface area contributed by atoms with E-state index in [-0.39, 0.29) is 13.4 Å². The molecule has 0 bridgehead atoms. The Morgan fingerprint density at radius 1 is 1.31 bits per heavy atom. The van der Waals surface area contributed by atoms with Gasteiger partial charge in [-0.3, -0.25) is 4.79 Å². The lowest BCUT2D eigenvalue weighted by Gasteiger charge is -2.00. The van der Waals surface area contributed by atoms with Crippen LogP contribution in [0.3, 0.4) is 0 Å². The molecular formula is C11H16O2. The van der Waals surface area contributed by atoms with E-state index in [2.05, 4.69) is 0 Å². The molecule has 0 unspecified atom stereocenters. The average Bonchev–Trinajstić information content (AvgIpc) is 2.05. The normalized spacial score (nSPS) is 8.69. The summed E-state index contributed by atoms with van der Waals surface area (Å²) in [7, 11) is 0. The molecule has 0 N–H and O–H groups in total. The van der Waals surface area contributed by atoms with Crippen LogP contribution in [-0.4, -0.2) is 12.6 Å². The summed E-state index contributed by atoms with van der Waals surface area (Å²) < 4.78 is 4.81. The highest BCUT2D eigenvalue weighted by atomic mass is 16.5. The monoisotopic (exact) mass is 180 g/mol. The van der Waals surface area contributed by atoms with Crippen molar-refractivity contribution in [2.24, 2.45) is 0 Å². The molecule has 0 radical (unpaired) electrons. The summed E-state index contributed by atoms with van der Waals surface area (Å²) in [6, 6.07) is 9.95. The highest BCUT2D eigenvalue weighted by molar-refractivity contribution is 5.65. The Morgan fingerprint density at radius 3 is 2.46 bits per heavy atom. The van der Waals surface area contributed by atoms with Gasteiger partial charge in [-0.05, 0) is 5.56 Å². The van der Waals surface area contributed by atoms with E-state index in [1.807, 2.05) is 30.3 Å². The number of hydrogen-bond acceptors (Lipinski definition) is 2. The fourth-order valence-electron chi connectivity index (χ4n) is 0.957. The molecule has 0 saturated carbocycles. The molecule has 1 rings (SSSR count). The second kappa shape index (κ2) is 6.23. The summed E-state index contributed by atoms with van der Waals surface area (Å²) in [4.78, 5) is 10.4. The third-order valence-electron chi connectivity index (χ3n) is 1.54. The van der Waals surface area contributed by atoms with Gasteiger partial charge in [0.05, 0.1) is 6.61 Å². The van der Waals surface area contributed by atoms with Crippen LogP contribution < -0.4 is 0 Å². The molecule has 0 aromatic heterocycles. The van der Waals surface area contributed by atoms with Crippen LogP contribution in [0.2, 0.25) is 0 Å². The minimum Gasteiger partial charge on any atom is -0.466 e. The van der Waals surface area contributed by atoms with Gasteiger partial charge >= 0.3 is 5.97 Å². The molecular weight excluding hydrogens is 164 g/mol. The van der Waals surface area contributed by atoms with Gasteiger partial charge in [-0.2, -0.15) is 0 Å². The number of benzene rings is 1. The number of esters is 1. The first kappa shape index (κ1) is 11.7. The summed E-state index contributed by atoms with van der Waals surface area (Å²) in [5.74, 6) is -0.217. The van der Waals surface area contributed by atoms with E-state index in [0.717, 1.165) is 6.42 Å². The zero-order valence-electron chi connectivity index (χ0n) is 7.12. The van der Waals surface area contributed by atoms with Crippen molar-refractivity contribution >= 4 is 5.97 Å². The molecule has 0 aliphatic carbocycles. The average molecular weight is 180 g/mol. The van der Waals surface area contributed by atoms with E-state index in [9.17, 15) is 4.79 Å². The predicted molar refractivity (Wildman–Crippen MR) is 53.5 cm³/mol. The van der Waals surface area contributed by atoms with Crippen LogP contribution in [0.1, 0.15) is 19.9 Å². The fourth-order valence-corrected chi connectivity index (χ4v) is 0.957. The predicted octanol–water partition coefficient (Wildman–Crippen LogP) is 2.43. The molecule has 0 heterocycles. The zero-order chi connectivity index (χ0) is 8.81. The Hall–Kier alpha value is -1.31. The van der Waals surface area contributed by atoms with Crippen molar-refractivity contribution in [1.82, 2.24) is 0 Å². The van der Waals surface area contributed by atoms with E-state index in [1.54, 1.807) is 0 Å². The van der Waals surface area contributed by atoms with Crippen LogP contribution in [-0.2, 0) is 16.0 Å². The topological polar surface area (TPSA) is 26.3 Å². The summed E-state index contributed by atoms with van der Waals surface area (Å²) in [5, 5.41) is 0. The van der Waals surface area contributed by atoms with Crippen molar-refractivity contribution in [2.45, 2.75) is 20.8 Å². The Morgan fingerprint density at radius 2 is 1.92 bits per heavy atom. The summed E-state index contributed by atoms with van der Waals surface area (Å²) in [6.45, 7) is 1.89. The van der Waals surface area contributed by atoms with Gasteiger partial charge in [0.2, 0.25) is 0 Å². The molecule has 72 valence electrons. The Bertz CT molecular complexity index is 242. The van der Waals surface area contributed by atoms with Crippen molar-refractivity contribution < 1.29 is 9.53 Å². The first-order chi connectivity index (χ1) is 5.79. The maximum absolute atomic E-state index is 10.4. The zero-order valence-corrected chi connectivity index (χ0v) is 7.12. The lowest BCUT2D eigenvalue weighted by Crippen LogP contribution is -2.02. The van der Waals surface area contributed by atoms with Crippen molar-refractivity contribution in [3.8, 4) is 0 Å². The Balaban J connectivity index is 0.00000144. The largest absolute Gasteiger partial charge is 0.466 e. The molecule has 0 atom stereocenters. The van der Waals surface area contributed by atoms with Crippen LogP contribution in [0.15, 0.2) is 30.3 Å². The second-order valence-electron chi connectivity index (χ2n) is 2.58. The van der Waals surface area contributed by atoms with Gasteiger partial charge < -0.3 is 4.74 Å². The smallest absolute Gasteiger partial charge is 0.302 e. The number of carbonyl (C=O) groups is 1. The van der Waals surface area contributed by atoms with Crippen molar-refractivity contribution in [1.29, 1.82) is 0 Å². The van der Waals surface area contributed by atoms with Gasteiger partial charge in [0.1, 0.15) is 0 Å². The standard InChI is InChI=1S/C10H12O2.CH4/c1-9(11)12-8-7-10-5-3-2-4-6-10;/h2-6H,7-8H2,1H3;1H4. The molecule has 0 saturated heterocycles. The Labute approximate surface area is 79.5 Å². The van der Waals surface area contributed by atoms with Crippen molar-refractivity contribution in [2.75, 3.05) is 6.61 Å². The minimum atomic E-state index is -0.217. The SMILES string of the molecule is C.CC(=O)OCCc1ccccc1. The van der Waals surface area contributed by atoms with Crippen LogP contribution in [0.4, 0.5) is 0 Å². The second-order valence-corrected chi connectivity index (χ2v) is 2.58. The van der Waals surface area contributed by atoms with Crippen LogP contribution in [0, 0.1) is 0 Å². The van der Waals surface area contributed by atoms with Gasteiger partial charge in [0.25, 0.3) is 0 Å². The number of carbonyl (C=O) groups excluding carboxylic acids is 1. The molecule has 0 spiro atoms. The first-order valence-corrected chi connectivity index (χ1v) is 3.96. The van der Waals surface area contributed by atoms with E-state index >= 15 is 0 Å². The van der Waals surface area contributed by atoms with E-state index in [4.69, 9.17) is 4.74 Å². The number of ether oxygens (including phenoxy) is 1. The van der Waals surface area contributed by atoms with E-state index in [1.165, 1.54) is 12.5 Å². The fraction of sp³-hybridized carbons (Fsp3) is 0.364. The summed E-state index contributed by atoms with van der Waals surface area (Å²) in [5.41, 5.74) is 1.19. The lowest BCUT2D eigenvalue weighted by molar-refractivity contribution is -0.140. The maximum atomic E-state index is 10.4. The summed E-state index contributed by atoms with van der Waals surface area (Å²) >= 11 is 0. The maximum Gasteiger partial charge on any atom is 0.302 e. The van der Waals surface area contributed by atoms with Crippen LogP contribution in [0.25, 0.3) is 0 Å². The number of hydrogen-bond donors (Lipinski definition) is 0. The van der Waals surface area contributed by atoms with Gasteiger partial charge in [-0.1, -0.05) is 37.8 Å². The molecule has 0 amide bonds. The van der Waals surface area contributed by atoms with E-state index < -0.39 is 0 Å². The van der Waals surface area contributed by atoms with Crippen LogP contribution in [0.5, 0.6) is 0 Å². The molecule has 0 fully saturated rings. The third kappa shape index (κ3) is 5.01. The minimum absolute atomic E-state index is 0. The molecule has 2 nitrogen and oxygen atoms in total. The molecule has 0 aliphatic heterocycles. The molecule has 1 aromatic carbocycles. The first-order valence-electron chi connectivity index (χ1n) is 3.96. The highest BCUT2D eigenvalue weighted by Gasteiger charge is 1.93. The van der Waals surface area contributed by atoms with Crippen molar-refractivity contribution in [3.63, 3.8) is 0 Å². The summed E-state index contributed by atoms with van der Waals surface area (Å²) in [6.07, 6.45) is 0.792. The molecule has 2 heteroatoms. The van der Waals surface area contributed by atoms with Gasteiger partial charge in [0.15, 0.2) is 0 Å². The van der Waals surface area contributed by atoms with E-state index in [0.29, 0.717) is 6.61 Å². The quantitative estimate of drug-likeness (QED) is 0.668. The number of rotatable bonds is 3. The van der Waals surface area contributed by atoms with Gasteiger partial charge in [-0.15, -0.1) is 0 Å². The molecule has 13 heavy (non-hydrogen) atoms. The molecule has 1 aromatic rings. The van der Waals surface area contributed by atoms with Crippen molar-refractivity contribution in [3.05, 3.63) is 35.9 Å². The van der Waals surface area contributed by atoms with Crippen LogP contribution >= 0.6 is 0 Å². The third-order valence-corrected chi connectivity index (χ3v) is 1.54. The lowest BCUT2D eigenvalue weighted by atomic mass is 10.2. The van der Waals surface area contributed by atoms with Gasteiger partial charge in [-0.25, -0.2) is 0 Å².